The molecule has 10 aromatic rings. The molecule has 0 bridgehead atoms. The SMILES string of the molecule is Cc1cccc(-c2ccc3c4ccccc4n(-c4cc(C#N)cc(-n5c6ccccc6c6ccc(-c7cccc(C)c7)cc65)c4-c4ccncc4)c3c2)c1. The first-order valence-corrected chi connectivity index (χ1v) is 18.3. The van der Waals surface area contributed by atoms with E-state index in [4.69, 9.17) is 0 Å². The number of para-hydroxylation sites is 2. The van der Waals surface area contributed by atoms with Crippen molar-refractivity contribution >= 4 is 43.6 Å². The number of hydrogen-bond donors (Lipinski definition) is 0. The fourth-order valence-corrected chi connectivity index (χ4v) is 8.31. The van der Waals surface area contributed by atoms with Gasteiger partial charge >= 0.3 is 0 Å². The van der Waals surface area contributed by atoms with Crippen molar-refractivity contribution in [2.45, 2.75) is 13.8 Å². The van der Waals surface area contributed by atoms with E-state index in [2.05, 4.69) is 192 Å². The summed E-state index contributed by atoms with van der Waals surface area (Å²) in [5.74, 6) is 0. The predicted molar refractivity (Wildman–Crippen MR) is 223 cm³/mol. The maximum Gasteiger partial charge on any atom is 0.0993 e. The molecule has 0 fully saturated rings. The van der Waals surface area contributed by atoms with Crippen molar-refractivity contribution in [2.24, 2.45) is 0 Å². The van der Waals surface area contributed by atoms with E-state index in [1.165, 1.54) is 22.3 Å². The molecule has 0 saturated heterocycles. The Bertz CT molecular complexity index is 2950. The lowest BCUT2D eigenvalue weighted by atomic mass is 9.98. The van der Waals surface area contributed by atoms with Gasteiger partial charge in [0.25, 0.3) is 0 Å². The highest BCUT2D eigenvalue weighted by atomic mass is 15.0. The molecule has 4 heteroatoms. The van der Waals surface area contributed by atoms with Gasteiger partial charge in [-0.2, -0.15) is 5.26 Å². The van der Waals surface area contributed by atoms with Crippen molar-refractivity contribution in [1.82, 2.24) is 14.1 Å². The van der Waals surface area contributed by atoms with Gasteiger partial charge < -0.3 is 9.13 Å². The normalized spacial score (nSPS) is 11.5. The van der Waals surface area contributed by atoms with E-state index in [9.17, 15) is 5.26 Å². The monoisotopic (exact) mass is 690 g/mol. The van der Waals surface area contributed by atoms with Crippen LogP contribution in [0.3, 0.4) is 0 Å². The van der Waals surface area contributed by atoms with Gasteiger partial charge in [-0.3, -0.25) is 4.98 Å². The van der Waals surface area contributed by atoms with Crippen LogP contribution in [-0.4, -0.2) is 14.1 Å². The molecule has 0 aliphatic rings. The quantitative estimate of drug-likeness (QED) is 0.180. The Morgan fingerprint density at radius 1 is 0.426 bits per heavy atom. The second-order valence-electron chi connectivity index (χ2n) is 14.1. The summed E-state index contributed by atoms with van der Waals surface area (Å²) >= 11 is 0. The van der Waals surface area contributed by atoms with Crippen LogP contribution in [0.4, 0.5) is 0 Å². The zero-order valence-corrected chi connectivity index (χ0v) is 30.0. The third-order valence-corrected chi connectivity index (χ3v) is 10.7. The predicted octanol–water partition coefficient (Wildman–Crippen LogP) is 12.8. The van der Waals surface area contributed by atoms with Crippen molar-refractivity contribution in [3.63, 3.8) is 0 Å². The Labute approximate surface area is 313 Å². The summed E-state index contributed by atoms with van der Waals surface area (Å²) in [6.45, 7) is 4.26. The lowest BCUT2D eigenvalue weighted by Gasteiger charge is -2.21. The number of benzene rings is 7. The zero-order chi connectivity index (χ0) is 36.3. The second-order valence-corrected chi connectivity index (χ2v) is 14.1. The van der Waals surface area contributed by atoms with E-state index in [1.54, 1.807) is 0 Å². The van der Waals surface area contributed by atoms with Crippen molar-refractivity contribution in [3.05, 3.63) is 187 Å². The van der Waals surface area contributed by atoms with Crippen molar-refractivity contribution in [3.8, 4) is 50.8 Å². The summed E-state index contributed by atoms with van der Waals surface area (Å²) in [5, 5.41) is 15.4. The van der Waals surface area contributed by atoms with Crippen LogP contribution in [0.1, 0.15) is 16.7 Å². The van der Waals surface area contributed by atoms with Gasteiger partial charge in [0.2, 0.25) is 0 Å². The average molecular weight is 691 g/mol. The highest BCUT2D eigenvalue weighted by molar-refractivity contribution is 6.13. The molecule has 3 heterocycles. The van der Waals surface area contributed by atoms with E-state index in [1.807, 2.05) is 12.4 Å². The number of nitrogens with zero attached hydrogens (tertiary/aromatic N) is 4. The summed E-state index contributed by atoms with van der Waals surface area (Å²) in [4.78, 5) is 4.43. The number of rotatable bonds is 5. The Morgan fingerprint density at radius 2 is 0.889 bits per heavy atom. The van der Waals surface area contributed by atoms with Gasteiger partial charge in [-0.1, -0.05) is 120 Å². The van der Waals surface area contributed by atoms with Gasteiger partial charge in [0, 0.05) is 39.5 Å². The summed E-state index contributed by atoms with van der Waals surface area (Å²) in [6, 6.07) is 58.8. The smallest absolute Gasteiger partial charge is 0.0993 e. The van der Waals surface area contributed by atoms with Crippen LogP contribution in [0.15, 0.2) is 170 Å². The van der Waals surface area contributed by atoms with Gasteiger partial charge in [0.15, 0.2) is 0 Å². The third-order valence-electron chi connectivity index (χ3n) is 10.7. The van der Waals surface area contributed by atoms with E-state index >= 15 is 0 Å². The fourth-order valence-electron chi connectivity index (χ4n) is 8.31. The number of aromatic nitrogens is 3. The van der Waals surface area contributed by atoms with E-state index in [0.717, 1.165) is 77.2 Å². The summed E-state index contributed by atoms with van der Waals surface area (Å²) in [6.07, 6.45) is 3.70. The van der Waals surface area contributed by atoms with Crippen LogP contribution >= 0.6 is 0 Å². The standard InChI is InChI=1S/C50H34N4/c1-32-9-7-11-36(25-32)38-17-19-42-40-13-3-5-15-44(40)53(46(42)29-38)48-27-34(31-51)28-49(50(48)35-21-23-52-24-22-35)54-45-16-6-4-14-41(45)43-20-18-39(30-47(43)54)37-12-8-10-33(2)26-37/h3-30H,1-2H3. The van der Waals surface area contributed by atoms with E-state index in [-0.39, 0.29) is 0 Å². The van der Waals surface area contributed by atoms with Crippen LogP contribution < -0.4 is 0 Å². The average Bonchev–Trinajstić information content (AvgIpc) is 3.72. The fraction of sp³-hybridized carbons (Fsp3) is 0.0400. The molecule has 0 atom stereocenters. The number of pyridine rings is 1. The first kappa shape index (κ1) is 31.5. The van der Waals surface area contributed by atoms with Crippen LogP contribution in [0.5, 0.6) is 0 Å². The number of aryl methyl sites for hydroxylation is 2. The lowest BCUT2D eigenvalue weighted by molar-refractivity contribution is 1.13. The molecule has 7 aromatic carbocycles. The molecule has 4 nitrogen and oxygen atoms in total. The molecule has 0 spiro atoms. The molecule has 54 heavy (non-hydrogen) atoms. The molecule has 10 rings (SSSR count). The van der Waals surface area contributed by atoms with Gasteiger partial charge in [0.05, 0.1) is 45.1 Å². The van der Waals surface area contributed by atoms with Crippen LogP contribution in [0.2, 0.25) is 0 Å². The molecule has 0 saturated carbocycles. The van der Waals surface area contributed by atoms with Crippen LogP contribution in [-0.2, 0) is 0 Å². The Balaban J connectivity index is 1.35. The molecule has 0 unspecified atom stereocenters. The maximum atomic E-state index is 10.8. The molecule has 254 valence electrons. The molecule has 0 amide bonds. The molecular formula is C50H34N4. The molecule has 0 aliphatic heterocycles. The largest absolute Gasteiger partial charge is 0.308 e. The van der Waals surface area contributed by atoms with Crippen molar-refractivity contribution in [2.75, 3.05) is 0 Å². The summed E-state index contributed by atoms with van der Waals surface area (Å²) in [7, 11) is 0. The third kappa shape index (κ3) is 5.02. The van der Waals surface area contributed by atoms with Crippen molar-refractivity contribution in [1.29, 1.82) is 5.26 Å². The molecular weight excluding hydrogens is 657 g/mol. The topological polar surface area (TPSA) is 46.5 Å². The van der Waals surface area contributed by atoms with Crippen LogP contribution in [0.25, 0.3) is 88.4 Å². The van der Waals surface area contributed by atoms with Crippen molar-refractivity contribution < 1.29 is 0 Å². The molecule has 0 aliphatic carbocycles. The summed E-state index contributed by atoms with van der Waals surface area (Å²) < 4.78 is 4.71. The van der Waals surface area contributed by atoms with Crippen LogP contribution in [0, 0.1) is 25.2 Å². The van der Waals surface area contributed by atoms with Gasteiger partial charge in [0.1, 0.15) is 0 Å². The minimum Gasteiger partial charge on any atom is -0.308 e. The second kappa shape index (κ2) is 12.5. The minimum atomic E-state index is 0.583. The Morgan fingerprint density at radius 3 is 1.37 bits per heavy atom. The maximum absolute atomic E-state index is 10.8. The van der Waals surface area contributed by atoms with E-state index < -0.39 is 0 Å². The van der Waals surface area contributed by atoms with Gasteiger partial charge in [-0.05, 0) is 90.2 Å². The number of nitriles is 1. The first-order chi connectivity index (χ1) is 26.6. The highest BCUT2D eigenvalue weighted by Gasteiger charge is 2.23. The van der Waals surface area contributed by atoms with Gasteiger partial charge in [-0.25, -0.2) is 0 Å². The molecule has 0 radical (unpaired) electrons. The minimum absolute atomic E-state index is 0.583. The summed E-state index contributed by atoms with van der Waals surface area (Å²) in [5.41, 5.74) is 15.9. The number of fused-ring (bicyclic) bond motifs is 6. The Kier molecular flexibility index (Phi) is 7.28. The highest BCUT2D eigenvalue weighted by Crippen LogP contribution is 2.44. The zero-order valence-electron chi connectivity index (χ0n) is 30.0. The van der Waals surface area contributed by atoms with E-state index in [0.29, 0.717) is 5.56 Å². The number of hydrogen-bond acceptors (Lipinski definition) is 2. The lowest BCUT2D eigenvalue weighted by Crippen LogP contribution is -2.05. The Hall–Kier alpha value is -7.22. The molecule has 0 N–H and O–H groups in total. The van der Waals surface area contributed by atoms with Gasteiger partial charge in [-0.15, -0.1) is 0 Å². The first-order valence-electron chi connectivity index (χ1n) is 18.3. The molecule has 3 aromatic heterocycles.